The Bertz CT molecular complexity index is 1130. The molecule has 1 heterocycles. The summed E-state index contributed by atoms with van der Waals surface area (Å²) in [6, 6.07) is 11.3. The Labute approximate surface area is 191 Å². The van der Waals surface area contributed by atoms with Crippen LogP contribution in [-0.4, -0.2) is 25.5 Å². The first-order valence-electron chi connectivity index (χ1n) is 9.45. The number of carbonyl (C=O) groups is 2. The zero-order valence-corrected chi connectivity index (χ0v) is 19.8. The number of ether oxygens (including phenoxy) is 2. The molecule has 0 saturated carbocycles. The van der Waals surface area contributed by atoms with Crippen molar-refractivity contribution >= 4 is 49.3 Å². The molecule has 2 aliphatic rings. The van der Waals surface area contributed by atoms with Gasteiger partial charge >= 0.3 is 5.97 Å². The van der Waals surface area contributed by atoms with Gasteiger partial charge in [-0.05, 0) is 63.4 Å². The van der Waals surface area contributed by atoms with E-state index in [-0.39, 0.29) is 5.78 Å². The molecular formula is C23H19Br2NO4. The minimum absolute atomic E-state index is 0.0897. The average molecular weight is 533 g/mol. The summed E-state index contributed by atoms with van der Waals surface area (Å²) >= 11 is 7.13. The van der Waals surface area contributed by atoms with E-state index < -0.39 is 11.9 Å². The molecule has 0 spiro atoms. The Morgan fingerprint density at radius 1 is 1.13 bits per heavy atom. The van der Waals surface area contributed by atoms with Crippen molar-refractivity contribution < 1.29 is 19.1 Å². The second kappa shape index (κ2) is 8.04. The summed E-state index contributed by atoms with van der Waals surface area (Å²) in [5.41, 5.74) is 4.62. The van der Waals surface area contributed by atoms with E-state index in [1.807, 2.05) is 50.2 Å². The zero-order chi connectivity index (χ0) is 21.6. The maximum Gasteiger partial charge on any atom is 0.336 e. The Kier molecular flexibility index (Phi) is 5.59. The number of benzene rings is 2. The number of allylic oxidation sites excluding steroid dienone is 2. The lowest BCUT2D eigenvalue weighted by atomic mass is 9.80. The lowest BCUT2D eigenvalue weighted by Gasteiger charge is -2.29. The number of methoxy groups -OCH3 is 1. The number of carbonyl (C=O) groups excluding carboxylic acids is 2. The van der Waals surface area contributed by atoms with E-state index in [0.717, 1.165) is 25.8 Å². The molecule has 154 valence electrons. The number of rotatable bonds is 4. The van der Waals surface area contributed by atoms with Gasteiger partial charge in [0.15, 0.2) is 5.78 Å². The Hall–Kier alpha value is -2.38. The van der Waals surface area contributed by atoms with Crippen molar-refractivity contribution in [2.45, 2.75) is 19.8 Å². The van der Waals surface area contributed by atoms with Gasteiger partial charge in [0, 0.05) is 28.3 Å². The first-order chi connectivity index (χ1) is 14.4. The lowest BCUT2D eigenvalue weighted by Crippen LogP contribution is -2.29. The Morgan fingerprint density at radius 2 is 1.77 bits per heavy atom. The molecule has 0 aromatic heterocycles. The van der Waals surface area contributed by atoms with Gasteiger partial charge in [-0.3, -0.25) is 4.79 Å². The number of ketones is 1. The van der Waals surface area contributed by atoms with Crippen LogP contribution in [0.25, 0.3) is 5.70 Å². The molecule has 1 N–H and O–H groups in total. The largest absolute Gasteiger partial charge is 0.492 e. The normalized spacial score (nSPS) is 17.5. The average Bonchev–Trinajstić information content (AvgIpc) is 3.01. The highest BCUT2D eigenvalue weighted by atomic mass is 79.9. The van der Waals surface area contributed by atoms with Gasteiger partial charge in [0.25, 0.3) is 0 Å². The van der Waals surface area contributed by atoms with Crippen LogP contribution in [-0.2, 0) is 9.53 Å². The first-order valence-corrected chi connectivity index (χ1v) is 11.0. The number of Topliss-reactive ketones (excluding diaryl/α,β-unsaturated/α-hetero) is 1. The van der Waals surface area contributed by atoms with Crippen LogP contribution in [0.15, 0.2) is 62.2 Å². The summed E-state index contributed by atoms with van der Waals surface area (Å²) in [6.07, 6.45) is 0. The molecule has 30 heavy (non-hydrogen) atoms. The standard InChI is InChI=1S/C23H19Br2NO4/c1-4-30-22-15(24)9-12(10-16(22)25)18-17(23(28)29-3)11(2)26-20-13-7-5-6-8-14(13)21(27)19(18)20/h5-10,18,26H,4H2,1-3H3/t18-/m1/s1. The van der Waals surface area contributed by atoms with Gasteiger partial charge in [-0.15, -0.1) is 0 Å². The molecule has 1 aliphatic carbocycles. The number of nitrogens with one attached hydrogen (secondary N) is 1. The molecule has 0 bridgehead atoms. The molecule has 0 amide bonds. The van der Waals surface area contributed by atoms with Crippen molar-refractivity contribution in [2.75, 3.05) is 13.7 Å². The van der Waals surface area contributed by atoms with Crippen LogP contribution in [0.2, 0.25) is 0 Å². The van der Waals surface area contributed by atoms with E-state index in [9.17, 15) is 9.59 Å². The van der Waals surface area contributed by atoms with Gasteiger partial charge in [0.05, 0.1) is 33.9 Å². The second-order valence-electron chi connectivity index (χ2n) is 7.00. The lowest BCUT2D eigenvalue weighted by molar-refractivity contribution is -0.136. The van der Waals surface area contributed by atoms with Crippen LogP contribution in [0.3, 0.4) is 0 Å². The maximum absolute atomic E-state index is 13.4. The number of esters is 1. The molecule has 2 aromatic rings. The molecule has 0 unspecified atom stereocenters. The van der Waals surface area contributed by atoms with Gasteiger partial charge in [-0.2, -0.15) is 0 Å². The molecule has 4 rings (SSSR count). The van der Waals surface area contributed by atoms with Crippen LogP contribution in [0.1, 0.15) is 41.3 Å². The van der Waals surface area contributed by atoms with Crippen LogP contribution >= 0.6 is 31.9 Å². The van der Waals surface area contributed by atoms with Crippen molar-refractivity contribution in [1.29, 1.82) is 0 Å². The number of hydrogen-bond donors (Lipinski definition) is 1. The highest BCUT2D eigenvalue weighted by Crippen LogP contribution is 2.48. The molecule has 0 radical (unpaired) electrons. The number of dihydropyridines is 1. The fourth-order valence-corrected chi connectivity index (χ4v) is 5.52. The summed E-state index contributed by atoms with van der Waals surface area (Å²) < 4.78 is 12.2. The fraction of sp³-hybridized carbons (Fsp3) is 0.217. The molecule has 0 saturated heterocycles. The number of halogens is 2. The molecule has 5 nitrogen and oxygen atoms in total. The third-order valence-corrected chi connectivity index (χ3v) is 6.47. The van der Waals surface area contributed by atoms with Crippen LogP contribution in [0.5, 0.6) is 5.75 Å². The molecule has 0 fully saturated rings. The summed E-state index contributed by atoms with van der Waals surface area (Å²) in [5.74, 6) is -0.461. The van der Waals surface area contributed by atoms with Crippen LogP contribution in [0.4, 0.5) is 0 Å². The van der Waals surface area contributed by atoms with E-state index in [4.69, 9.17) is 9.47 Å². The Morgan fingerprint density at radius 3 is 2.37 bits per heavy atom. The van der Waals surface area contributed by atoms with Crippen molar-refractivity contribution in [2.24, 2.45) is 0 Å². The third-order valence-electron chi connectivity index (χ3n) is 5.30. The van der Waals surface area contributed by atoms with Crippen molar-refractivity contribution in [3.8, 4) is 5.75 Å². The van der Waals surface area contributed by atoms with E-state index in [1.165, 1.54) is 7.11 Å². The highest BCUT2D eigenvalue weighted by Gasteiger charge is 2.43. The fourth-order valence-electron chi connectivity index (χ4n) is 4.07. The number of hydrogen-bond acceptors (Lipinski definition) is 5. The molecular weight excluding hydrogens is 514 g/mol. The summed E-state index contributed by atoms with van der Waals surface area (Å²) in [4.78, 5) is 26.2. The van der Waals surface area contributed by atoms with Crippen LogP contribution < -0.4 is 10.1 Å². The van der Waals surface area contributed by atoms with Crippen molar-refractivity contribution in [3.05, 3.63) is 78.9 Å². The van der Waals surface area contributed by atoms with Crippen molar-refractivity contribution in [1.82, 2.24) is 5.32 Å². The van der Waals surface area contributed by atoms with E-state index in [2.05, 4.69) is 37.2 Å². The van der Waals surface area contributed by atoms with E-state index >= 15 is 0 Å². The van der Waals surface area contributed by atoms with Crippen molar-refractivity contribution in [3.63, 3.8) is 0 Å². The molecule has 1 aliphatic heterocycles. The van der Waals surface area contributed by atoms with Gasteiger partial charge in [-0.1, -0.05) is 24.3 Å². The second-order valence-corrected chi connectivity index (χ2v) is 8.71. The minimum Gasteiger partial charge on any atom is -0.492 e. The SMILES string of the molecule is CCOc1c(Br)cc([C@@H]2C(C(=O)OC)=C(C)NC3=C2C(=O)c2ccccc23)cc1Br. The van der Waals surface area contributed by atoms with Gasteiger partial charge in [-0.25, -0.2) is 4.79 Å². The predicted molar refractivity (Wildman–Crippen MR) is 121 cm³/mol. The third kappa shape index (κ3) is 3.20. The van der Waals surface area contributed by atoms with E-state index in [1.54, 1.807) is 0 Å². The van der Waals surface area contributed by atoms with E-state index in [0.29, 0.717) is 34.8 Å². The molecule has 1 atom stereocenters. The molecule has 7 heteroatoms. The topological polar surface area (TPSA) is 64.6 Å². The zero-order valence-electron chi connectivity index (χ0n) is 16.6. The monoisotopic (exact) mass is 531 g/mol. The highest BCUT2D eigenvalue weighted by molar-refractivity contribution is 9.11. The van der Waals surface area contributed by atoms with Crippen LogP contribution in [0, 0.1) is 0 Å². The quantitative estimate of drug-likeness (QED) is 0.537. The van der Waals surface area contributed by atoms with Gasteiger partial charge < -0.3 is 14.8 Å². The van der Waals surface area contributed by atoms with Gasteiger partial charge in [0.1, 0.15) is 5.75 Å². The number of fused-ring (bicyclic) bond motifs is 2. The smallest absolute Gasteiger partial charge is 0.336 e. The Balaban J connectivity index is 1.95. The maximum atomic E-state index is 13.4. The summed E-state index contributed by atoms with van der Waals surface area (Å²) in [7, 11) is 1.35. The summed E-state index contributed by atoms with van der Waals surface area (Å²) in [6.45, 7) is 4.25. The predicted octanol–water partition coefficient (Wildman–Crippen LogP) is 5.35. The minimum atomic E-state index is -0.572. The van der Waals surface area contributed by atoms with Gasteiger partial charge in [0.2, 0.25) is 0 Å². The first kappa shape index (κ1) is 20.9. The molecule has 2 aromatic carbocycles. The summed E-state index contributed by atoms with van der Waals surface area (Å²) in [5, 5.41) is 3.28.